The lowest BCUT2D eigenvalue weighted by Gasteiger charge is -2.25. The van der Waals surface area contributed by atoms with Crippen molar-refractivity contribution in [3.05, 3.63) is 18.2 Å². The second-order valence-corrected chi connectivity index (χ2v) is 5.31. The molecule has 19 heavy (non-hydrogen) atoms. The lowest BCUT2D eigenvalue weighted by atomic mass is 10.2. The highest BCUT2D eigenvalue weighted by Crippen LogP contribution is 2.19. The molecule has 0 saturated carbocycles. The molecule has 5 nitrogen and oxygen atoms in total. The summed E-state index contributed by atoms with van der Waals surface area (Å²) in [6.45, 7) is 9.00. The molecular weight excluding hydrogens is 242 g/mol. The minimum atomic E-state index is -0.196. The first-order valence-electron chi connectivity index (χ1n) is 7.00. The number of imidazole rings is 1. The van der Waals surface area contributed by atoms with E-state index in [9.17, 15) is 4.79 Å². The smallest absolute Gasteiger partial charge is 0.245 e. The molecule has 2 heterocycles. The second-order valence-electron chi connectivity index (χ2n) is 5.31. The summed E-state index contributed by atoms with van der Waals surface area (Å²) in [7, 11) is 0. The van der Waals surface area contributed by atoms with Crippen molar-refractivity contribution in [2.24, 2.45) is 0 Å². The molecule has 106 valence electrons. The minimum absolute atomic E-state index is 0.158. The van der Waals surface area contributed by atoms with Gasteiger partial charge in [0.15, 0.2) is 0 Å². The largest absolute Gasteiger partial charge is 0.380 e. The molecule has 1 atom stereocenters. The fourth-order valence-corrected chi connectivity index (χ4v) is 2.45. The molecule has 0 aromatic carbocycles. The summed E-state index contributed by atoms with van der Waals surface area (Å²) in [5.41, 5.74) is 0. The van der Waals surface area contributed by atoms with Gasteiger partial charge in [0.1, 0.15) is 11.9 Å². The van der Waals surface area contributed by atoms with E-state index in [4.69, 9.17) is 4.74 Å². The summed E-state index contributed by atoms with van der Waals surface area (Å²) < 4.78 is 7.38. The number of amides is 1. The molecule has 1 saturated heterocycles. The van der Waals surface area contributed by atoms with E-state index >= 15 is 0 Å². The van der Waals surface area contributed by atoms with Crippen molar-refractivity contribution in [3.8, 4) is 0 Å². The Bertz CT molecular complexity index is 420. The van der Waals surface area contributed by atoms with E-state index in [1.54, 1.807) is 6.20 Å². The number of aromatic nitrogens is 2. The SMILES string of the molecule is CC(C)c1nccn1C(C)C(=O)N1CCCOCC1. The van der Waals surface area contributed by atoms with Gasteiger partial charge in [-0.25, -0.2) is 4.98 Å². The van der Waals surface area contributed by atoms with Crippen molar-refractivity contribution in [3.63, 3.8) is 0 Å². The molecule has 1 fully saturated rings. The van der Waals surface area contributed by atoms with Gasteiger partial charge in [-0.2, -0.15) is 0 Å². The molecule has 5 heteroatoms. The van der Waals surface area contributed by atoms with E-state index in [-0.39, 0.29) is 11.9 Å². The van der Waals surface area contributed by atoms with E-state index in [0.717, 1.165) is 25.4 Å². The van der Waals surface area contributed by atoms with Crippen molar-refractivity contribution in [1.82, 2.24) is 14.5 Å². The first kappa shape index (κ1) is 14.1. The van der Waals surface area contributed by atoms with Crippen LogP contribution in [0.5, 0.6) is 0 Å². The molecule has 2 rings (SSSR count). The molecule has 1 aromatic rings. The molecule has 0 bridgehead atoms. The standard InChI is InChI=1S/C14H23N3O2/c1-11(2)13-15-5-7-17(13)12(3)14(18)16-6-4-9-19-10-8-16/h5,7,11-12H,4,6,8-10H2,1-3H3. The van der Waals surface area contributed by atoms with Crippen LogP contribution in [-0.4, -0.2) is 46.7 Å². The third-order valence-corrected chi connectivity index (χ3v) is 3.52. The Morgan fingerprint density at radius 1 is 1.32 bits per heavy atom. The summed E-state index contributed by atoms with van der Waals surface area (Å²) in [4.78, 5) is 18.8. The van der Waals surface area contributed by atoms with Gasteiger partial charge in [0, 0.05) is 38.0 Å². The maximum Gasteiger partial charge on any atom is 0.245 e. The van der Waals surface area contributed by atoms with E-state index < -0.39 is 0 Å². The number of nitrogens with zero attached hydrogens (tertiary/aromatic N) is 3. The molecule has 0 radical (unpaired) electrons. The Kier molecular flexibility index (Phi) is 4.58. The molecular formula is C14H23N3O2. The Balaban J connectivity index is 2.11. The Hall–Kier alpha value is -1.36. The zero-order valence-electron chi connectivity index (χ0n) is 12.0. The summed E-state index contributed by atoms with van der Waals surface area (Å²) >= 11 is 0. The fraction of sp³-hybridized carbons (Fsp3) is 0.714. The Morgan fingerprint density at radius 3 is 2.84 bits per heavy atom. The summed E-state index contributed by atoms with van der Waals surface area (Å²) in [5.74, 6) is 1.44. The van der Waals surface area contributed by atoms with Crippen LogP contribution in [-0.2, 0) is 9.53 Å². The van der Waals surface area contributed by atoms with Crippen LogP contribution < -0.4 is 0 Å². The normalized spacial score (nSPS) is 18.4. The van der Waals surface area contributed by atoms with Crippen LogP contribution in [0.2, 0.25) is 0 Å². The molecule has 1 aromatic heterocycles. The van der Waals surface area contributed by atoms with Gasteiger partial charge in [0.05, 0.1) is 6.61 Å². The van der Waals surface area contributed by atoms with Gasteiger partial charge in [-0.3, -0.25) is 4.79 Å². The predicted octanol–water partition coefficient (Wildman–Crippen LogP) is 1.82. The van der Waals surface area contributed by atoms with Crippen LogP contribution in [0, 0.1) is 0 Å². The maximum atomic E-state index is 12.5. The maximum absolute atomic E-state index is 12.5. The third kappa shape index (κ3) is 3.15. The Morgan fingerprint density at radius 2 is 2.11 bits per heavy atom. The van der Waals surface area contributed by atoms with Crippen molar-refractivity contribution in [2.75, 3.05) is 26.3 Å². The highest BCUT2D eigenvalue weighted by atomic mass is 16.5. The molecule has 0 spiro atoms. The molecule has 1 aliphatic rings. The summed E-state index contributed by atoms with van der Waals surface area (Å²) in [5, 5.41) is 0. The number of rotatable bonds is 3. The lowest BCUT2D eigenvalue weighted by molar-refractivity contribution is -0.134. The van der Waals surface area contributed by atoms with Crippen molar-refractivity contribution >= 4 is 5.91 Å². The number of ether oxygens (including phenoxy) is 1. The van der Waals surface area contributed by atoms with Gasteiger partial charge in [-0.1, -0.05) is 13.8 Å². The molecule has 0 N–H and O–H groups in total. The highest BCUT2D eigenvalue weighted by molar-refractivity contribution is 5.80. The number of hydrogen-bond acceptors (Lipinski definition) is 3. The third-order valence-electron chi connectivity index (χ3n) is 3.52. The highest BCUT2D eigenvalue weighted by Gasteiger charge is 2.24. The van der Waals surface area contributed by atoms with Gasteiger partial charge in [0.2, 0.25) is 5.91 Å². The molecule has 1 aliphatic heterocycles. The van der Waals surface area contributed by atoms with E-state index in [2.05, 4.69) is 18.8 Å². The van der Waals surface area contributed by atoms with Gasteiger partial charge in [0.25, 0.3) is 0 Å². The van der Waals surface area contributed by atoms with Crippen LogP contribution >= 0.6 is 0 Å². The average molecular weight is 265 g/mol. The number of hydrogen-bond donors (Lipinski definition) is 0. The molecule has 1 amide bonds. The monoisotopic (exact) mass is 265 g/mol. The fourth-order valence-electron chi connectivity index (χ4n) is 2.45. The minimum Gasteiger partial charge on any atom is -0.380 e. The van der Waals surface area contributed by atoms with Crippen LogP contribution in [0.25, 0.3) is 0 Å². The molecule has 0 aliphatic carbocycles. The first-order chi connectivity index (χ1) is 9.11. The second kappa shape index (κ2) is 6.19. The van der Waals surface area contributed by atoms with Crippen LogP contribution in [0.4, 0.5) is 0 Å². The topological polar surface area (TPSA) is 47.4 Å². The Labute approximate surface area is 114 Å². The molecule has 1 unspecified atom stereocenters. The quantitative estimate of drug-likeness (QED) is 0.837. The summed E-state index contributed by atoms with van der Waals surface area (Å²) in [6.07, 6.45) is 4.58. The zero-order chi connectivity index (χ0) is 13.8. The van der Waals surface area contributed by atoms with Gasteiger partial charge in [-0.05, 0) is 13.3 Å². The average Bonchev–Trinajstić information content (AvgIpc) is 2.73. The lowest BCUT2D eigenvalue weighted by Crippen LogP contribution is -2.38. The van der Waals surface area contributed by atoms with Crippen LogP contribution in [0.3, 0.4) is 0 Å². The van der Waals surface area contributed by atoms with Crippen molar-refractivity contribution in [1.29, 1.82) is 0 Å². The predicted molar refractivity (Wildman–Crippen MR) is 73.0 cm³/mol. The van der Waals surface area contributed by atoms with Crippen molar-refractivity contribution in [2.45, 2.75) is 39.2 Å². The first-order valence-corrected chi connectivity index (χ1v) is 7.00. The number of carbonyl (C=O) groups is 1. The van der Waals surface area contributed by atoms with Gasteiger partial charge in [-0.15, -0.1) is 0 Å². The van der Waals surface area contributed by atoms with Crippen LogP contribution in [0.15, 0.2) is 12.4 Å². The van der Waals surface area contributed by atoms with E-state index in [1.165, 1.54) is 0 Å². The summed E-state index contributed by atoms with van der Waals surface area (Å²) in [6, 6.07) is -0.196. The number of carbonyl (C=O) groups excluding carboxylic acids is 1. The van der Waals surface area contributed by atoms with E-state index in [1.807, 2.05) is 22.6 Å². The van der Waals surface area contributed by atoms with Gasteiger partial charge < -0.3 is 14.2 Å². The van der Waals surface area contributed by atoms with Crippen LogP contribution in [0.1, 0.15) is 45.0 Å². The zero-order valence-corrected chi connectivity index (χ0v) is 12.0. The van der Waals surface area contributed by atoms with Crippen molar-refractivity contribution < 1.29 is 9.53 Å². The van der Waals surface area contributed by atoms with E-state index in [0.29, 0.717) is 19.1 Å². The van der Waals surface area contributed by atoms with Gasteiger partial charge >= 0.3 is 0 Å².